The molecule has 0 amide bonds. The fourth-order valence-corrected chi connectivity index (χ4v) is 1.53. The minimum Gasteiger partial charge on any atom is -0.479 e. The van der Waals surface area contributed by atoms with Crippen molar-refractivity contribution in [2.45, 2.75) is 19.4 Å². The van der Waals surface area contributed by atoms with Gasteiger partial charge < -0.3 is 10.2 Å². The Morgan fingerprint density at radius 1 is 1.44 bits per heavy atom. The Bertz CT molecular complexity index is 510. The summed E-state index contributed by atoms with van der Waals surface area (Å²) < 4.78 is 0. The fraction of sp³-hybridized carbons (Fsp3) is 0.273. The van der Waals surface area contributed by atoms with Crippen molar-refractivity contribution in [1.82, 2.24) is 0 Å². The topological polar surface area (TPSA) is 118 Å². The van der Waals surface area contributed by atoms with Gasteiger partial charge in [-0.25, -0.2) is 4.79 Å². The summed E-state index contributed by atoms with van der Waals surface area (Å²) in [5.41, 5.74) is -0.123. The van der Waals surface area contributed by atoms with Crippen LogP contribution in [0.15, 0.2) is 18.2 Å². The second kappa shape index (κ2) is 5.37. The fourth-order valence-electron chi connectivity index (χ4n) is 1.53. The van der Waals surface area contributed by atoms with Crippen LogP contribution >= 0.6 is 0 Å². The van der Waals surface area contributed by atoms with Gasteiger partial charge in [0.25, 0.3) is 5.69 Å². The largest absolute Gasteiger partial charge is 0.479 e. The molecule has 0 spiro atoms. The second-order valence-electron chi connectivity index (χ2n) is 3.76. The van der Waals surface area contributed by atoms with Crippen LogP contribution in [0, 0.1) is 10.1 Å². The Kier molecular flexibility index (Phi) is 4.11. The van der Waals surface area contributed by atoms with Gasteiger partial charge in [0, 0.05) is 18.6 Å². The molecule has 0 fully saturated rings. The molecule has 96 valence electrons. The molecule has 7 heteroatoms. The number of nitro benzene ring substituents is 1. The average molecular weight is 253 g/mol. The van der Waals surface area contributed by atoms with E-state index in [4.69, 9.17) is 5.11 Å². The second-order valence-corrected chi connectivity index (χ2v) is 3.76. The summed E-state index contributed by atoms with van der Waals surface area (Å²) in [5, 5.41) is 28.7. The van der Waals surface area contributed by atoms with Crippen molar-refractivity contribution in [3.63, 3.8) is 0 Å². The smallest absolute Gasteiger partial charge is 0.337 e. The molecule has 0 aromatic heterocycles. The monoisotopic (exact) mass is 253 g/mol. The summed E-state index contributed by atoms with van der Waals surface area (Å²) in [6.07, 6.45) is -1.97. The summed E-state index contributed by atoms with van der Waals surface area (Å²) in [4.78, 5) is 31.7. The predicted molar refractivity (Wildman–Crippen MR) is 60.1 cm³/mol. The van der Waals surface area contributed by atoms with E-state index in [2.05, 4.69) is 0 Å². The number of Topliss-reactive ketones (excluding diaryl/α,β-unsaturated/α-hetero) is 1. The lowest BCUT2D eigenvalue weighted by atomic mass is 9.98. The molecule has 7 nitrogen and oxygen atoms in total. The zero-order valence-corrected chi connectivity index (χ0v) is 9.49. The molecule has 0 heterocycles. The first-order valence-corrected chi connectivity index (χ1v) is 5.00. The Morgan fingerprint density at radius 2 is 2.06 bits per heavy atom. The molecule has 0 saturated carbocycles. The molecule has 0 radical (unpaired) electrons. The number of carbonyl (C=O) groups excluding carboxylic acids is 1. The van der Waals surface area contributed by atoms with Crippen molar-refractivity contribution in [2.75, 3.05) is 0 Å². The summed E-state index contributed by atoms with van der Waals surface area (Å²) in [6, 6.07) is 3.34. The van der Waals surface area contributed by atoms with Gasteiger partial charge in [-0.1, -0.05) is 0 Å². The summed E-state index contributed by atoms with van der Waals surface area (Å²) >= 11 is 0. The van der Waals surface area contributed by atoms with E-state index in [0.29, 0.717) is 0 Å². The highest BCUT2D eigenvalue weighted by molar-refractivity contribution is 5.80. The molecule has 1 aromatic rings. The highest BCUT2D eigenvalue weighted by Gasteiger charge is 2.22. The van der Waals surface area contributed by atoms with E-state index in [1.807, 2.05) is 0 Å². The van der Waals surface area contributed by atoms with Crippen molar-refractivity contribution < 1.29 is 24.7 Å². The van der Waals surface area contributed by atoms with E-state index in [9.17, 15) is 24.8 Å². The van der Waals surface area contributed by atoms with Crippen molar-refractivity contribution in [2.24, 2.45) is 0 Å². The maximum absolute atomic E-state index is 11.0. The zero-order valence-electron chi connectivity index (χ0n) is 9.49. The number of hydrogen-bond donors (Lipinski definition) is 2. The van der Waals surface area contributed by atoms with E-state index in [0.717, 1.165) is 18.2 Å². The molecule has 0 aliphatic heterocycles. The van der Waals surface area contributed by atoms with Crippen molar-refractivity contribution in [3.8, 4) is 0 Å². The molecular formula is C11H11NO6. The van der Waals surface area contributed by atoms with Crippen LogP contribution < -0.4 is 0 Å². The number of aliphatic hydroxyl groups excluding tert-OH is 1. The van der Waals surface area contributed by atoms with Crippen LogP contribution in [-0.4, -0.2) is 26.9 Å². The first kappa shape index (κ1) is 13.8. The Labute approximate surface area is 102 Å². The number of hydrogen-bond acceptors (Lipinski definition) is 5. The normalized spacial score (nSPS) is 11.9. The Morgan fingerprint density at radius 3 is 2.50 bits per heavy atom. The van der Waals surface area contributed by atoms with Crippen LogP contribution in [-0.2, 0) is 16.0 Å². The lowest BCUT2D eigenvalue weighted by Crippen LogP contribution is -2.14. The summed E-state index contributed by atoms with van der Waals surface area (Å²) in [5.74, 6) is -1.76. The molecule has 0 aliphatic rings. The Balaban J connectivity index is 3.28. The van der Waals surface area contributed by atoms with Crippen LogP contribution in [0.3, 0.4) is 0 Å². The molecule has 1 rings (SSSR count). The highest BCUT2D eigenvalue weighted by Crippen LogP contribution is 2.24. The van der Waals surface area contributed by atoms with E-state index in [1.54, 1.807) is 0 Å². The molecule has 2 N–H and O–H groups in total. The van der Waals surface area contributed by atoms with Gasteiger partial charge in [-0.2, -0.15) is 0 Å². The van der Waals surface area contributed by atoms with Gasteiger partial charge in [0.05, 0.1) is 4.92 Å². The van der Waals surface area contributed by atoms with Gasteiger partial charge in [0.15, 0.2) is 6.10 Å². The van der Waals surface area contributed by atoms with Crippen LogP contribution in [0.4, 0.5) is 5.69 Å². The molecule has 18 heavy (non-hydrogen) atoms. The van der Waals surface area contributed by atoms with Crippen molar-refractivity contribution in [3.05, 3.63) is 39.4 Å². The first-order chi connectivity index (χ1) is 8.32. The van der Waals surface area contributed by atoms with Gasteiger partial charge in [-0.05, 0) is 24.1 Å². The molecule has 1 atom stereocenters. The zero-order chi connectivity index (χ0) is 13.9. The number of aliphatic carboxylic acids is 1. The quantitative estimate of drug-likeness (QED) is 0.593. The number of nitrogens with zero attached hydrogens (tertiary/aromatic N) is 1. The van der Waals surface area contributed by atoms with Crippen LogP contribution in [0.2, 0.25) is 0 Å². The maximum Gasteiger partial charge on any atom is 0.337 e. The Hall–Kier alpha value is -2.28. The van der Waals surface area contributed by atoms with Crippen molar-refractivity contribution >= 4 is 17.4 Å². The minimum absolute atomic E-state index is 0.0108. The van der Waals surface area contributed by atoms with Crippen molar-refractivity contribution in [1.29, 1.82) is 0 Å². The number of non-ortho nitro benzene ring substituents is 1. The van der Waals surface area contributed by atoms with Gasteiger partial charge in [-0.3, -0.25) is 14.9 Å². The molecule has 1 aromatic carbocycles. The van der Waals surface area contributed by atoms with Crippen LogP contribution in [0.25, 0.3) is 0 Å². The number of aliphatic hydroxyl groups is 1. The number of carbonyl (C=O) groups is 2. The van der Waals surface area contributed by atoms with Gasteiger partial charge in [0.1, 0.15) is 5.78 Å². The van der Waals surface area contributed by atoms with Crippen LogP contribution in [0.5, 0.6) is 0 Å². The highest BCUT2D eigenvalue weighted by atomic mass is 16.6. The third-order valence-corrected chi connectivity index (χ3v) is 2.31. The number of carboxylic acid groups (broad SMARTS) is 1. The predicted octanol–water partition coefficient (Wildman–Crippen LogP) is 0.844. The third-order valence-electron chi connectivity index (χ3n) is 2.31. The molecule has 0 bridgehead atoms. The number of nitro groups is 1. The number of ketones is 1. The third kappa shape index (κ3) is 3.11. The van der Waals surface area contributed by atoms with E-state index in [-0.39, 0.29) is 29.0 Å². The lowest BCUT2D eigenvalue weighted by molar-refractivity contribution is -0.384. The molecule has 0 aliphatic carbocycles. The van der Waals surface area contributed by atoms with E-state index < -0.39 is 17.0 Å². The first-order valence-electron chi connectivity index (χ1n) is 5.00. The molecule has 1 unspecified atom stereocenters. The average Bonchev–Trinajstić information content (AvgIpc) is 2.26. The summed E-state index contributed by atoms with van der Waals surface area (Å²) in [6.45, 7) is 1.27. The van der Waals surface area contributed by atoms with Gasteiger partial charge >= 0.3 is 5.97 Å². The summed E-state index contributed by atoms with van der Waals surface area (Å²) in [7, 11) is 0. The van der Waals surface area contributed by atoms with Gasteiger partial charge in [0.2, 0.25) is 0 Å². The molecule has 0 saturated heterocycles. The van der Waals surface area contributed by atoms with E-state index >= 15 is 0 Å². The SMILES string of the molecule is CC(=O)Cc1cc([N+](=O)[O-])ccc1C(O)C(=O)O. The van der Waals surface area contributed by atoms with E-state index in [1.165, 1.54) is 6.92 Å². The molecular weight excluding hydrogens is 242 g/mol. The van der Waals surface area contributed by atoms with Crippen LogP contribution in [0.1, 0.15) is 24.2 Å². The lowest BCUT2D eigenvalue weighted by Gasteiger charge is -2.11. The minimum atomic E-state index is -1.81. The number of benzene rings is 1. The standard InChI is InChI=1S/C11H11NO6/c1-6(13)4-7-5-8(12(17)18)2-3-9(7)10(14)11(15)16/h2-3,5,10,14H,4H2,1H3,(H,15,16). The number of carboxylic acids is 1. The van der Waals surface area contributed by atoms with Gasteiger partial charge in [-0.15, -0.1) is 0 Å². The maximum atomic E-state index is 11.0. The number of rotatable bonds is 5.